The molecule has 0 aliphatic carbocycles. The number of nitrogens with one attached hydrogen (secondary N) is 1. The highest BCUT2D eigenvalue weighted by atomic mass is 14.9. The number of rotatable bonds is 6. The summed E-state index contributed by atoms with van der Waals surface area (Å²) in [6.07, 6.45) is 2.47. The van der Waals surface area contributed by atoms with Gasteiger partial charge in [-0.3, -0.25) is 0 Å². The van der Waals surface area contributed by atoms with E-state index in [-0.39, 0.29) is 0 Å². The molecule has 1 N–H and O–H groups in total. The van der Waals surface area contributed by atoms with Gasteiger partial charge in [-0.25, -0.2) is 0 Å². The third-order valence-corrected chi connectivity index (χ3v) is 3.51. The average Bonchev–Trinajstić information content (AvgIpc) is 2.27. The highest BCUT2D eigenvalue weighted by Gasteiger charge is 2.06. The van der Waals surface area contributed by atoms with Gasteiger partial charge in [0, 0.05) is 12.6 Å². The molecule has 1 unspecified atom stereocenters. The molecule has 1 aromatic rings. The first-order chi connectivity index (χ1) is 8.45. The van der Waals surface area contributed by atoms with Crippen molar-refractivity contribution < 1.29 is 0 Å². The van der Waals surface area contributed by atoms with Crippen LogP contribution in [0.25, 0.3) is 5.57 Å². The maximum Gasteiger partial charge on any atom is 0.0210 e. The second-order valence-corrected chi connectivity index (χ2v) is 5.44. The van der Waals surface area contributed by atoms with Crippen LogP contribution in [0, 0.1) is 13.8 Å². The van der Waals surface area contributed by atoms with Gasteiger partial charge in [-0.1, -0.05) is 31.6 Å². The van der Waals surface area contributed by atoms with Crippen LogP contribution >= 0.6 is 0 Å². The first-order valence-corrected chi connectivity index (χ1v) is 6.95. The summed E-state index contributed by atoms with van der Waals surface area (Å²) in [5.74, 6) is 0. The van der Waals surface area contributed by atoms with E-state index in [1.807, 2.05) is 0 Å². The zero-order chi connectivity index (χ0) is 13.7. The molecular formula is C17H27N. The minimum absolute atomic E-state index is 0.587. The number of benzene rings is 1. The third-order valence-electron chi connectivity index (χ3n) is 3.51. The fourth-order valence-electron chi connectivity index (χ4n) is 2.37. The SMILES string of the molecule is C=C(C)c1cc(CNC(C)CCC)c(C)cc1C. The van der Waals surface area contributed by atoms with Crippen LogP contribution in [0.15, 0.2) is 18.7 Å². The summed E-state index contributed by atoms with van der Waals surface area (Å²) in [5.41, 5.74) is 6.52. The highest BCUT2D eigenvalue weighted by molar-refractivity contribution is 5.65. The summed E-state index contributed by atoms with van der Waals surface area (Å²) in [7, 11) is 0. The van der Waals surface area contributed by atoms with E-state index in [1.165, 1.54) is 35.1 Å². The van der Waals surface area contributed by atoms with Crippen molar-refractivity contribution in [2.75, 3.05) is 0 Å². The second kappa shape index (κ2) is 6.75. The fraction of sp³-hybridized carbons (Fsp3) is 0.529. The van der Waals surface area contributed by atoms with Crippen LogP contribution in [0.3, 0.4) is 0 Å². The summed E-state index contributed by atoms with van der Waals surface area (Å²) in [4.78, 5) is 0. The van der Waals surface area contributed by atoms with Crippen LogP contribution in [0.4, 0.5) is 0 Å². The van der Waals surface area contributed by atoms with Gasteiger partial charge in [0.15, 0.2) is 0 Å². The summed E-state index contributed by atoms with van der Waals surface area (Å²) in [5, 5.41) is 3.60. The zero-order valence-corrected chi connectivity index (χ0v) is 12.6. The molecular weight excluding hydrogens is 218 g/mol. The fourth-order valence-corrected chi connectivity index (χ4v) is 2.37. The Morgan fingerprint density at radius 2 is 1.94 bits per heavy atom. The largest absolute Gasteiger partial charge is 0.310 e. The average molecular weight is 245 g/mol. The van der Waals surface area contributed by atoms with E-state index in [0.29, 0.717) is 6.04 Å². The Balaban J connectivity index is 2.82. The number of hydrogen-bond acceptors (Lipinski definition) is 1. The lowest BCUT2D eigenvalue weighted by Gasteiger charge is -2.16. The minimum atomic E-state index is 0.587. The Morgan fingerprint density at radius 1 is 1.28 bits per heavy atom. The van der Waals surface area contributed by atoms with Crippen molar-refractivity contribution in [2.24, 2.45) is 0 Å². The van der Waals surface area contributed by atoms with Crippen LogP contribution in [0.5, 0.6) is 0 Å². The lowest BCUT2D eigenvalue weighted by Crippen LogP contribution is -2.25. The minimum Gasteiger partial charge on any atom is -0.310 e. The van der Waals surface area contributed by atoms with E-state index in [0.717, 1.165) is 12.1 Å². The lowest BCUT2D eigenvalue weighted by atomic mass is 9.96. The zero-order valence-electron chi connectivity index (χ0n) is 12.6. The molecule has 0 aliphatic heterocycles. The van der Waals surface area contributed by atoms with E-state index < -0.39 is 0 Å². The topological polar surface area (TPSA) is 12.0 Å². The van der Waals surface area contributed by atoms with Gasteiger partial charge in [0.2, 0.25) is 0 Å². The molecule has 0 saturated carbocycles. The van der Waals surface area contributed by atoms with E-state index in [4.69, 9.17) is 0 Å². The van der Waals surface area contributed by atoms with Crippen molar-refractivity contribution >= 4 is 5.57 Å². The molecule has 18 heavy (non-hydrogen) atoms. The maximum atomic E-state index is 4.06. The van der Waals surface area contributed by atoms with Gasteiger partial charge >= 0.3 is 0 Å². The first kappa shape index (κ1) is 15.0. The molecule has 0 bridgehead atoms. The molecule has 0 aromatic heterocycles. The summed E-state index contributed by atoms with van der Waals surface area (Å²) in [6, 6.07) is 5.15. The molecule has 0 saturated heterocycles. The molecule has 0 aliphatic rings. The van der Waals surface area contributed by atoms with Crippen LogP contribution in [0.2, 0.25) is 0 Å². The van der Waals surface area contributed by atoms with Crippen molar-refractivity contribution in [1.82, 2.24) is 5.32 Å². The molecule has 0 heterocycles. The van der Waals surface area contributed by atoms with Gasteiger partial charge in [-0.05, 0) is 62.4 Å². The molecule has 1 heteroatoms. The molecule has 0 radical (unpaired) electrons. The van der Waals surface area contributed by atoms with Crippen molar-refractivity contribution in [2.45, 2.75) is 60.0 Å². The standard InChI is InChI=1S/C17H27N/c1-7-8-15(6)18-11-16-10-17(12(2)3)14(5)9-13(16)4/h9-10,15,18H,2,7-8,11H2,1,3-6H3. The number of aryl methyl sites for hydroxylation is 2. The highest BCUT2D eigenvalue weighted by Crippen LogP contribution is 2.21. The van der Waals surface area contributed by atoms with Gasteiger partial charge in [-0.15, -0.1) is 0 Å². The molecule has 1 rings (SSSR count). The van der Waals surface area contributed by atoms with Crippen molar-refractivity contribution in [1.29, 1.82) is 0 Å². The number of hydrogen-bond donors (Lipinski definition) is 1. The van der Waals surface area contributed by atoms with Gasteiger partial charge in [0.1, 0.15) is 0 Å². The maximum absolute atomic E-state index is 4.06. The van der Waals surface area contributed by atoms with Crippen LogP contribution in [-0.2, 0) is 6.54 Å². The Morgan fingerprint density at radius 3 is 2.50 bits per heavy atom. The van der Waals surface area contributed by atoms with Gasteiger partial charge < -0.3 is 5.32 Å². The Hall–Kier alpha value is -1.08. The van der Waals surface area contributed by atoms with Crippen molar-refractivity contribution in [3.63, 3.8) is 0 Å². The monoisotopic (exact) mass is 245 g/mol. The molecule has 0 spiro atoms. The summed E-state index contributed by atoms with van der Waals surface area (Å²) in [6.45, 7) is 15.9. The Labute approximate surface area is 112 Å². The van der Waals surface area contributed by atoms with Crippen LogP contribution in [0.1, 0.15) is 55.9 Å². The third kappa shape index (κ3) is 3.99. The van der Waals surface area contributed by atoms with E-state index in [9.17, 15) is 0 Å². The van der Waals surface area contributed by atoms with Gasteiger partial charge in [0.05, 0.1) is 0 Å². The molecule has 1 nitrogen and oxygen atoms in total. The van der Waals surface area contributed by atoms with Gasteiger partial charge in [0.25, 0.3) is 0 Å². The van der Waals surface area contributed by atoms with Gasteiger partial charge in [-0.2, -0.15) is 0 Å². The lowest BCUT2D eigenvalue weighted by molar-refractivity contribution is 0.507. The predicted octanol–water partition coefficient (Wildman–Crippen LogP) is 4.61. The van der Waals surface area contributed by atoms with Crippen molar-refractivity contribution in [3.05, 3.63) is 41.0 Å². The van der Waals surface area contributed by atoms with Crippen LogP contribution in [-0.4, -0.2) is 6.04 Å². The normalized spacial score (nSPS) is 12.5. The first-order valence-electron chi connectivity index (χ1n) is 6.95. The second-order valence-electron chi connectivity index (χ2n) is 5.44. The smallest absolute Gasteiger partial charge is 0.0210 e. The van der Waals surface area contributed by atoms with E-state index in [1.54, 1.807) is 0 Å². The molecule has 1 atom stereocenters. The van der Waals surface area contributed by atoms with E-state index in [2.05, 4.69) is 58.6 Å². The van der Waals surface area contributed by atoms with Crippen LogP contribution < -0.4 is 5.32 Å². The Bertz CT molecular complexity index is 418. The molecule has 100 valence electrons. The summed E-state index contributed by atoms with van der Waals surface area (Å²) < 4.78 is 0. The van der Waals surface area contributed by atoms with Crippen molar-refractivity contribution in [3.8, 4) is 0 Å². The van der Waals surface area contributed by atoms with E-state index >= 15 is 0 Å². The molecule has 0 fully saturated rings. The summed E-state index contributed by atoms with van der Waals surface area (Å²) >= 11 is 0. The Kier molecular flexibility index (Phi) is 5.61. The molecule has 1 aromatic carbocycles. The molecule has 0 amide bonds. The predicted molar refractivity (Wildman–Crippen MR) is 81.8 cm³/mol. The number of allylic oxidation sites excluding steroid dienone is 1. The quantitative estimate of drug-likeness (QED) is 0.771.